The molecule has 0 fully saturated rings. The summed E-state index contributed by atoms with van der Waals surface area (Å²) in [5.74, 6) is 1.14. The van der Waals surface area contributed by atoms with Crippen molar-refractivity contribution in [3.8, 4) is 11.5 Å². The van der Waals surface area contributed by atoms with Gasteiger partial charge in [0.25, 0.3) is 0 Å². The summed E-state index contributed by atoms with van der Waals surface area (Å²) in [4.78, 5) is 12.5. The Kier molecular flexibility index (Phi) is 4.85. The van der Waals surface area contributed by atoms with E-state index in [9.17, 15) is 4.79 Å². The molecule has 0 aliphatic heterocycles. The Hall–Kier alpha value is -2.02. The largest absolute Gasteiger partial charge is 0.493 e. The number of carbonyl (C=O) groups excluding carboxylic acids is 1. The first kappa shape index (κ1) is 15.4. The minimum atomic E-state index is -0.272. The van der Waals surface area contributed by atoms with Crippen LogP contribution >= 0.6 is 11.8 Å². The molecule has 0 amide bonds. The maximum atomic E-state index is 12.5. The Balaban J connectivity index is 2.17. The Morgan fingerprint density at radius 3 is 2.57 bits per heavy atom. The molecule has 0 aliphatic carbocycles. The van der Waals surface area contributed by atoms with Crippen LogP contribution in [0.1, 0.15) is 17.3 Å². The Bertz CT molecular complexity index is 642. The number of aryl methyl sites for hydroxylation is 1. The molecule has 2 aromatic rings. The van der Waals surface area contributed by atoms with E-state index in [-0.39, 0.29) is 11.0 Å². The van der Waals surface area contributed by atoms with Crippen LogP contribution in [0, 0.1) is 0 Å². The standard InChI is InChI=1S/C14H17N3O3S/c1-9(21-14-16-15-8-17(14)2)13(18)10-5-6-11(19-3)12(7-10)20-4/h5-9H,1-4H3/t9-/m0/s1. The van der Waals surface area contributed by atoms with Crippen molar-refractivity contribution in [1.82, 2.24) is 14.8 Å². The van der Waals surface area contributed by atoms with Gasteiger partial charge in [0.15, 0.2) is 22.4 Å². The van der Waals surface area contributed by atoms with Crippen molar-refractivity contribution in [2.24, 2.45) is 7.05 Å². The number of rotatable bonds is 6. The highest BCUT2D eigenvalue weighted by molar-refractivity contribution is 8.00. The number of benzene rings is 1. The molecule has 2 rings (SSSR count). The number of thioether (sulfide) groups is 1. The van der Waals surface area contributed by atoms with E-state index in [1.165, 1.54) is 11.8 Å². The number of hydrogen-bond donors (Lipinski definition) is 0. The molecular formula is C14H17N3O3S. The molecule has 0 saturated heterocycles. The van der Waals surface area contributed by atoms with E-state index < -0.39 is 0 Å². The molecule has 1 atom stereocenters. The summed E-state index contributed by atoms with van der Waals surface area (Å²) in [6.45, 7) is 1.85. The van der Waals surface area contributed by atoms with Gasteiger partial charge in [-0.3, -0.25) is 4.79 Å². The van der Waals surface area contributed by atoms with Gasteiger partial charge in [0, 0.05) is 12.6 Å². The quantitative estimate of drug-likeness (QED) is 0.602. The van der Waals surface area contributed by atoms with E-state index in [1.807, 2.05) is 14.0 Å². The van der Waals surface area contributed by atoms with Crippen LogP contribution in [0.15, 0.2) is 29.7 Å². The molecule has 0 aliphatic rings. The molecule has 21 heavy (non-hydrogen) atoms. The fourth-order valence-corrected chi connectivity index (χ4v) is 2.68. The summed E-state index contributed by atoms with van der Waals surface area (Å²) in [5, 5.41) is 8.21. The SMILES string of the molecule is COc1ccc(C(=O)[C@H](C)Sc2nncn2C)cc1OC. The van der Waals surface area contributed by atoms with Gasteiger partial charge < -0.3 is 14.0 Å². The van der Waals surface area contributed by atoms with Gasteiger partial charge >= 0.3 is 0 Å². The summed E-state index contributed by atoms with van der Waals surface area (Å²) in [6, 6.07) is 5.15. The second-order valence-electron chi connectivity index (χ2n) is 4.42. The van der Waals surface area contributed by atoms with E-state index in [0.29, 0.717) is 22.2 Å². The average Bonchev–Trinajstić information content (AvgIpc) is 2.90. The lowest BCUT2D eigenvalue weighted by atomic mass is 10.1. The van der Waals surface area contributed by atoms with Crippen LogP contribution in [-0.4, -0.2) is 40.0 Å². The fourth-order valence-electron chi connectivity index (χ4n) is 1.82. The molecule has 0 bridgehead atoms. The predicted octanol–water partition coefficient (Wildman–Crippen LogP) is 2.20. The first-order valence-electron chi connectivity index (χ1n) is 6.33. The molecule has 0 saturated carbocycles. The van der Waals surface area contributed by atoms with Gasteiger partial charge in [-0.15, -0.1) is 10.2 Å². The van der Waals surface area contributed by atoms with E-state index in [0.717, 1.165) is 0 Å². The molecule has 0 N–H and O–H groups in total. The lowest BCUT2D eigenvalue weighted by Gasteiger charge is -2.12. The van der Waals surface area contributed by atoms with Crippen LogP contribution in [0.25, 0.3) is 0 Å². The van der Waals surface area contributed by atoms with Crippen molar-refractivity contribution in [3.63, 3.8) is 0 Å². The second kappa shape index (κ2) is 6.62. The summed E-state index contributed by atoms with van der Waals surface area (Å²) >= 11 is 1.37. The van der Waals surface area contributed by atoms with Crippen molar-refractivity contribution in [2.45, 2.75) is 17.3 Å². The van der Waals surface area contributed by atoms with Gasteiger partial charge in [-0.05, 0) is 25.1 Å². The molecule has 1 aromatic carbocycles. The summed E-state index contributed by atoms with van der Waals surface area (Å²) in [7, 11) is 4.95. The third kappa shape index (κ3) is 3.36. The van der Waals surface area contributed by atoms with Crippen LogP contribution < -0.4 is 9.47 Å². The summed E-state index contributed by atoms with van der Waals surface area (Å²) < 4.78 is 12.2. The number of ketones is 1. The zero-order valence-electron chi connectivity index (χ0n) is 12.4. The topological polar surface area (TPSA) is 66.2 Å². The highest BCUT2D eigenvalue weighted by Crippen LogP contribution is 2.30. The highest BCUT2D eigenvalue weighted by Gasteiger charge is 2.20. The molecule has 0 spiro atoms. The second-order valence-corrected chi connectivity index (χ2v) is 5.73. The number of Topliss-reactive ketones (excluding diaryl/α,β-unsaturated/α-hetero) is 1. The van der Waals surface area contributed by atoms with Crippen molar-refractivity contribution in [2.75, 3.05) is 14.2 Å². The van der Waals surface area contributed by atoms with Crippen molar-refractivity contribution in [3.05, 3.63) is 30.1 Å². The maximum Gasteiger partial charge on any atom is 0.191 e. The molecule has 1 heterocycles. The number of nitrogens with zero attached hydrogens (tertiary/aromatic N) is 3. The monoisotopic (exact) mass is 307 g/mol. The average molecular weight is 307 g/mol. The van der Waals surface area contributed by atoms with Crippen LogP contribution in [0.2, 0.25) is 0 Å². The smallest absolute Gasteiger partial charge is 0.191 e. The third-order valence-electron chi connectivity index (χ3n) is 2.99. The zero-order valence-corrected chi connectivity index (χ0v) is 13.2. The lowest BCUT2D eigenvalue weighted by molar-refractivity contribution is 0.0993. The van der Waals surface area contributed by atoms with E-state index in [1.54, 1.807) is 43.3 Å². The van der Waals surface area contributed by atoms with E-state index >= 15 is 0 Å². The van der Waals surface area contributed by atoms with Gasteiger partial charge in [0.2, 0.25) is 0 Å². The Morgan fingerprint density at radius 1 is 1.29 bits per heavy atom. The van der Waals surface area contributed by atoms with Crippen LogP contribution in [0.4, 0.5) is 0 Å². The van der Waals surface area contributed by atoms with E-state index in [2.05, 4.69) is 10.2 Å². The van der Waals surface area contributed by atoms with Crippen molar-refractivity contribution in [1.29, 1.82) is 0 Å². The van der Waals surface area contributed by atoms with Gasteiger partial charge in [-0.1, -0.05) is 11.8 Å². The summed E-state index contributed by atoms with van der Waals surface area (Å²) in [5.41, 5.74) is 0.579. The minimum Gasteiger partial charge on any atom is -0.493 e. The van der Waals surface area contributed by atoms with Crippen molar-refractivity contribution >= 4 is 17.5 Å². The number of ether oxygens (including phenoxy) is 2. The Morgan fingerprint density at radius 2 is 2.00 bits per heavy atom. The zero-order chi connectivity index (χ0) is 15.4. The molecule has 0 unspecified atom stereocenters. The molecule has 6 nitrogen and oxygen atoms in total. The number of aromatic nitrogens is 3. The van der Waals surface area contributed by atoms with E-state index in [4.69, 9.17) is 9.47 Å². The van der Waals surface area contributed by atoms with Crippen LogP contribution in [0.3, 0.4) is 0 Å². The minimum absolute atomic E-state index is 0.00366. The van der Waals surface area contributed by atoms with Crippen LogP contribution in [0.5, 0.6) is 11.5 Å². The molecule has 7 heteroatoms. The third-order valence-corrected chi connectivity index (χ3v) is 4.14. The summed E-state index contributed by atoms with van der Waals surface area (Å²) in [6.07, 6.45) is 1.61. The first-order chi connectivity index (χ1) is 10.1. The maximum absolute atomic E-state index is 12.5. The number of carbonyl (C=O) groups is 1. The molecular weight excluding hydrogens is 290 g/mol. The van der Waals surface area contributed by atoms with Crippen LogP contribution in [-0.2, 0) is 7.05 Å². The predicted molar refractivity (Wildman–Crippen MR) is 80.2 cm³/mol. The first-order valence-corrected chi connectivity index (χ1v) is 7.21. The fraction of sp³-hybridized carbons (Fsp3) is 0.357. The van der Waals surface area contributed by atoms with Gasteiger partial charge in [0.1, 0.15) is 6.33 Å². The Labute approximate surface area is 127 Å². The van der Waals surface area contributed by atoms with Gasteiger partial charge in [-0.25, -0.2) is 0 Å². The number of methoxy groups -OCH3 is 2. The number of hydrogen-bond acceptors (Lipinski definition) is 6. The van der Waals surface area contributed by atoms with Gasteiger partial charge in [-0.2, -0.15) is 0 Å². The van der Waals surface area contributed by atoms with Gasteiger partial charge in [0.05, 0.1) is 19.5 Å². The molecule has 1 aromatic heterocycles. The molecule has 0 radical (unpaired) electrons. The molecule has 112 valence electrons. The normalized spacial score (nSPS) is 12.0. The highest BCUT2D eigenvalue weighted by atomic mass is 32.2. The lowest BCUT2D eigenvalue weighted by Crippen LogP contribution is -2.14. The van der Waals surface area contributed by atoms with Crippen molar-refractivity contribution < 1.29 is 14.3 Å².